The van der Waals surface area contributed by atoms with Gasteiger partial charge in [0.05, 0.1) is 22.5 Å². The van der Waals surface area contributed by atoms with Crippen molar-refractivity contribution >= 4 is 23.1 Å². The van der Waals surface area contributed by atoms with Crippen LogP contribution in [0.2, 0.25) is 0 Å². The van der Waals surface area contributed by atoms with E-state index in [-0.39, 0.29) is 0 Å². The Labute approximate surface area is 141 Å². The van der Waals surface area contributed by atoms with E-state index in [2.05, 4.69) is 27.3 Å². The minimum Gasteiger partial charge on any atom is -0.355 e. The lowest BCUT2D eigenvalue weighted by Gasteiger charge is -1.96. The molecule has 0 bridgehead atoms. The van der Waals surface area contributed by atoms with Gasteiger partial charge in [0.2, 0.25) is 0 Å². The second kappa shape index (κ2) is 6.44. The highest BCUT2D eigenvalue weighted by molar-refractivity contribution is 7.98. The Morgan fingerprint density at radius 2 is 2.04 bits per heavy atom. The third-order valence-electron chi connectivity index (χ3n) is 3.32. The molecule has 23 heavy (non-hydrogen) atoms. The number of aromatic nitrogens is 3. The number of hydrogen-bond donors (Lipinski definition) is 1. The normalized spacial score (nSPS) is 11.0. The summed E-state index contributed by atoms with van der Waals surface area (Å²) in [6, 6.07) is 16.2. The molecule has 4 rings (SSSR count). The molecule has 1 N–H and O–H groups in total. The molecule has 0 fully saturated rings. The summed E-state index contributed by atoms with van der Waals surface area (Å²) in [6.07, 6.45) is 1.86. The van der Waals surface area contributed by atoms with Gasteiger partial charge in [0.15, 0.2) is 10.9 Å². The van der Waals surface area contributed by atoms with Crippen molar-refractivity contribution < 1.29 is 4.52 Å². The molecule has 0 radical (unpaired) electrons. The van der Waals surface area contributed by atoms with Gasteiger partial charge in [-0.1, -0.05) is 53.3 Å². The van der Waals surface area contributed by atoms with Crippen LogP contribution in [0, 0.1) is 0 Å². The molecule has 0 amide bonds. The predicted octanol–water partition coefficient (Wildman–Crippen LogP) is 5.09. The maximum atomic E-state index is 5.39. The second-order valence-electron chi connectivity index (χ2n) is 4.92. The molecule has 6 heteroatoms. The van der Waals surface area contributed by atoms with E-state index in [0.29, 0.717) is 0 Å². The van der Waals surface area contributed by atoms with Crippen LogP contribution in [0.1, 0.15) is 5.69 Å². The molecular weight excluding hydrogens is 326 g/mol. The Balaban J connectivity index is 1.43. The van der Waals surface area contributed by atoms with Crippen LogP contribution in [0.4, 0.5) is 0 Å². The number of benzene rings is 1. The predicted molar refractivity (Wildman–Crippen MR) is 93.4 cm³/mol. The van der Waals surface area contributed by atoms with Crippen LogP contribution in [-0.4, -0.2) is 15.1 Å². The quantitative estimate of drug-likeness (QED) is 0.515. The number of H-pyrrole nitrogens is 1. The van der Waals surface area contributed by atoms with E-state index in [0.717, 1.165) is 38.5 Å². The molecule has 0 saturated carbocycles. The SMILES string of the molecule is c1ccc(-c2cnc(SCc3cc(-c4cccs4)on3)[nH]2)cc1. The Hall–Kier alpha value is -2.31. The third-order valence-corrected chi connectivity index (χ3v) is 5.12. The molecule has 0 saturated heterocycles. The molecule has 0 aliphatic heterocycles. The highest BCUT2D eigenvalue weighted by Crippen LogP contribution is 2.28. The number of aromatic amines is 1. The Morgan fingerprint density at radius 1 is 1.13 bits per heavy atom. The molecule has 114 valence electrons. The smallest absolute Gasteiger partial charge is 0.177 e. The van der Waals surface area contributed by atoms with Crippen LogP contribution in [0.3, 0.4) is 0 Å². The molecule has 0 unspecified atom stereocenters. The first kappa shape index (κ1) is 14.3. The molecular formula is C17H13N3OS2. The van der Waals surface area contributed by atoms with Gasteiger partial charge in [-0.25, -0.2) is 4.98 Å². The zero-order chi connectivity index (χ0) is 15.5. The molecule has 0 atom stereocenters. The van der Waals surface area contributed by atoms with E-state index >= 15 is 0 Å². The monoisotopic (exact) mass is 339 g/mol. The summed E-state index contributed by atoms with van der Waals surface area (Å²) in [5, 5.41) is 7.03. The molecule has 0 aliphatic rings. The Bertz CT molecular complexity index is 882. The average molecular weight is 339 g/mol. The van der Waals surface area contributed by atoms with Gasteiger partial charge in [0.25, 0.3) is 0 Å². The van der Waals surface area contributed by atoms with E-state index in [1.54, 1.807) is 23.1 Å². The first-order valence-corrected chi connectivity index (χ1v) is 8.98. The topological polar surface area (TPSA) is 54.7 Å². The van der Waals surface area contributed by atoms with Crippen molar-refractivity contribution in [3.63, 3.8) is 0 Å². The standard InChI is InChI=1S/C17H13N3OS2/c1-2-5-12(6-3-1)14-10-18-17(19-14)23-11-13-9-15(21-20-13)16-7-4-8-22-16/h1-10H,11H2,(H,18,19). The fraction of sp³-hybridized carbons (Fsp3) is 0.0588. The summed E-state index contributed by atoms with van der Waals surface area (Å²) in [6.45, 7) is 0. The first-order valence-electron chi connectivity index (χ1n) is 7.11. The summed E-state index contributed by atoms with van der Waals surface area (Å²) in [5.41, 5.74) is 3.07. The van der Waals surface area contributed by atoms with Crippen LogP contribution < -0.4 is 0 Å². The van der Waals surface area contributed by atoms with Gasteiger partial charge in [-0.3, -0.25) is 0 Å². The lowest BCUT2D eigenvalue weighted by atomic mass is 10.2. The van der Waals surface area contributed by atoms with Crippen LogP contribution in [0.5, 0.6) is 0 Å². The molecule has 4 aromatic rings. The number of nitrogens with zero attached hydrogens (tertiary/aromatic N) is 2. The van der Waals surface area contributed by atoms with Gasteiger partial charge < -0.3 is 9.51 Å². The maximum Gasteiger partial charge on any atom is 0.177 e. The van der Waals surface area contributed by atoms with E-state index in [9.17, 15) is 0 Å². The van der Waals surface area contributed by atoms with Crippen LogP contribution in [0.25, 0.3) is 21.9 Å². The highest BCUT2D eigenvalue weighted by Gasteiger charge is 2.09. The summed E-state index contributed by atoms with van der Waals surface area (Å²) < 4.78 is 5.39. The Kier molecular flexibility index (Phi) is 4.00. The molecule has 4 nitrogen and oxygen atoms in total. The zero-order valence-electron chi connectivity index (χ0n) is 12.1. The largest absolute Gasteiger partial charge is 0.355 e. The van der Waals surface area contributed by atoms with E-state index < -0.39 is 0 Å². The fourth-order valence-electron chi connectivity index (χ4n) is 2.20. The summed E-state index contributed by atoms with van der Waals surface area (Å²) in [7, 11) is 0. The number of thiophene rings is 1. The minimum atomic E-state index is 0.719. The number of thioether (sulfide) groups is 1. The van der Waals surface area contributed by atoms with Crippen molar-refractivity contribution in [3.05, 3.63) is 65.8 Å². The number of nitrogens with one attached hydrogen (secondary N) is 1. The van der Waals surface area contributed by atoms with Gasteiger partial charge in [0, 0.05) is 11.8 Å². The van der Waals surface area contributed by atoms with E-state index in [1.807, 2.05) is 48.0 Å². The molecule has 1 aromatic carbocycles. The minimum absolute atomic E-state index is 0.719. The van der Waals surface area contributed by atoms with E-state index in [4.69, 9.17) is 4.52 Å². The van der Waals surface area contributed by atoms with Crippen molar-refractivity contribution in [3.8, 4) is 21.9 Å². The third kappa shape index (κ3) is 3.23. The zero-order valence-corrected chi connectivity index (χ0v) is 13.7. The summed E-state index contributed by atoms with van der Waals surface area (Å²) in [4.78, 5) is 8.84. The van der Waals surface area contributed by atoms with Crippen LogP contribution >= 0.6 is 23.1 Å². The number of imidazole rings is 1. The average Bonchev–Trinajstić information content (AvgIpc) is 3.33. The van der Waals surface area contributed by atoms with Crippen molar-refractivity contribution in [2.24, 2.45) is 0 Å². The second-order valence-corrected chi connectivity index (χ2v) is 6.83. The lowest BCUT2D eigenvalue weighted by molar-refractivity contribution is 0.427. The number of hydrogen-bond acceptors (Lipinski definition) is 5. The van der Waals surface area contributed by atoms with Gasteiger partial charge in [-0.05, 0) is 17.0 Å². The lowest BCUT2D eigenvalue weighted by Crippen LogP contribution is -1.81. The Morgan fingerprint density at radius 3 is 2.87 bits per heavy atom. The molecule has 0 spiro atoms. The fourth-order valence-corrected chi connectivity index (χ4v) is 3.60. The maximum absolute atomic E-state index is 5.39. The summed E-state index contributed by atoms with van der Waals surface area (Å²) in [5.74, 6) is 1.54. The first-order chi connectivity index (χ1) is 11.4. The molecule has 0 aliphatic carbocycles. The van der Waals surface area contributed by atoms with E-state index in [1.165, 1.54) is 0 Å². The molecule has 3 heterocycles. The van der Waals surface area contributed by atoms with Gasteiger partial charge in [-0.15, -0.1) is 11.3 Å². The highest BCUT2D eigenvalue weighted by atomic mass is 32.2. The van der Waals surface area contributed by atoms with Gasteiger partial charge in [-0.2, -0.15) is 0 Å². The molecule has 3 aromatic heterocycles. The van der Waals surface area contributed by atoms with Gasteiger partial charge >= 0.3 is 0 Å². The van der Waals surface area contributed by atoms with Crippen molar-refractivity contribution in [1.29, 1.82) is 0 Å². The van der Waals surface area contributed by atoms with Crippen molar-refractivity contribution in [1.82, 2.24) is 15.1 Å². The van der Waals surface area contributed by atoms with Crippen molar-refractivity contribution in [2.75, 3.05) is 0 Å². The number of rotatable bonds is 5. The van der Waals surface area contributed by atoms with Crippen molar-refractivity contribution in [2.45, 2.75) is 10.9 Å². The van der Waals surface area contributed by atoms with Crippen LogP contribution in [0.15, 0.2) is 69.8 Å². The van der Waals surface area contributed by atoms with Crippen LogP contribution in [-0.2, 0) is 5.75 Å². The summed E-state index contributed by atoms with van der Waals surface area (Å²) >= 11 is 3.26. The van der Waals surface area contributed by atoms with Gasteiger partial charge in [0.1, 0.15) is 0 Å².